The summed E-state index contributed by atoms with van der Waals surface area (Å²) in [5.41, 5.74) is 0. The molecule has 0 saturated heterocycles. The maximum absolute atomic E-state index is 3.00. The molecule has 1 saturated carbocycles. The molecule has 11 heavy (non-hydrogen) atoms. The van der Waals surface area contributed by atoms with Gasteiger partial charge < -0.3 is 0 Å². The normalized spacial score (nSPS) is 29.3. The predicted octanol–water partition coefficient (Wildman–Crippen LogP) is 3.75. The highest BCUT2D eigenvalue weighted by molar-refractivity contribution is 7.59. The van der Waals surface area contributed by atoms with Gasteiger partial charge in [0.15, 0.2) is 0 Å². The second-order valence-corrected chi connectivity index (χ2v) is 3.37. The lowest BCUT2D eigenvalue weighted by Gasteiger charge is -2.22. The molecule has 1 rings (SSSR count). The molecule has 0 heterocycles. The van der Waals surface area contributed by atoms with E-state index in [2.05, 4.69) is 27.0 Å². The fourth-order valence-electron chi connectivity index (χ4n) is 1.43. The molecular formula is C10H22S. The molecule has 1 heteroatoms. The van der Waals surface area contributed by atoms with Crippen molar-refractivity contribution in [3.8, 4) is 0 Å². The first-order valence-electron chi connectivity index (χ1n) is 4.29. The first kappa shape index (κ1) is 13.7. The van der Waals surface area contributed by atoms with Crippen molar-refractivity contribution in [2.75, 3.05) is 0 Å². The van der Waals surface area contributed by atoms with Crippen molar-refractivity contribution in [2.45, 2.75) is 39.5 Å². The van der Waals surface area contributed by atoms with E-state index in [-0.39, 0.29) is 13.5 Å². The fraction of sp³-hybridized carbons (Fsp3) is 0.800. The van der Waals surface area contributed by atoms with E-state index >= 15 is 0 Å². The van der Waals surface area contributed by atoms with Crippen molar-refractivity contribution in [1.29, 1.82) is 0 Å². The van der Waals surface area contributed by atoms with Gasteiger partial charge in [0, 0.05) is 0 Å². The summed E-state index contributed by atoms with van der Waals surface area (Å²) in [5.74, 6) is 2.04. The maximum Gasteiger partial charge on any atom is -0.0443 e. The molecule has 0 aromatic heterocycles. The van der Waals surface area contributed by atoms with Crippen LogP contribution in [0.4, 0.5) is 0 Å². The van der Waals surface area contributed by atoms with Crippen LogP contribution < -0.4 is 0 Å². The molecule has 68 valence electrons. The Morgan fingerprint density at radius 2 is 1.00 bits per heavy atom. The fourth-order valence-corrected chi connectivity index (χ4v) is 1.43. The topological polar surface area (TPSA) is 0 Å². The van der Waals surface area contributed by atoms with Crippen molar-refractivity contribution in [1.82, 2.24) is 0 Å². The van der Waals surface area contributed by atoms with Gasteiger partial charge >= 0.3 is 0 Å². The first-order chi connectivity index (χ1) is 4.79. The van der Waals surface area contributed by atoms with Gasteiger partial charge in [-0.05, 0) is 11.8 Å². The van der Waals surface area contributed by atoms with Crippen LogP contribution in [-0.2, 0) is 0 Å². The highest BCUT2D eigenvalue weighted by atomic mass is 32.1. The van der Waals surface area contributed by atoms with Crippen LogP contribution in [0.3, 0.4) is 0 Å². The summed E-state index contributed by atoms with van der Waals surface area (Å²) in [6.07, 6.45) is 5.89. The van der Waals surface area contributed by atoms with Gasteiger partial charge in [-0.1, -0.05) is 39.5 Å². The van der Waals surface area contributed by atoms with Crippen LogP contribution in [0.25, 0.3) is 0 Å². The molecule has 0 amide bonds. The van der Waals surface area contributed by atoms with E-state index in [1.807, 2.05) is 0 Å². The van der Waals surface area contributed by atoms with E-state index in [9.17, 15) is 0 Å². The summed E-state index contributed by atoms with van der Waals surface area (Å²) >= 11 is 0. The largest absolute Gasteiger partial charge is 0.197 e. The van der Waals surface area contributed by atoms with Crippen LogP contribution in [-0.4, -0.2) is 0 Å². The minimum atomic E-state index is 0. The average Bonchev–Trinajstić information content (AvgIpc) is 2.00. The van der Waals surface area contributed by atoms with E-state index in [0.717, 1.165) is 11.8 Å². The molecule has 1 aliphatic rings. The van der Waals surface area contributed by atoms with Gasteiger partial charge in [-0.25, -0.2) is 0 Å². The molecule has 1 aliphatic carbocycles. The van der Waals surface area contributed by atoms with Crippen molar-refractivity contribution in [3.05, 3.63) is 13.2 Å². The number of rotatable bonds is 0. The van der Waals surface area contributed by atoms with Crippen molar-refractivity contribution in [3.63, 3.8) is 0 Å². The summed E-state index contributed by atoms with van der Waals surface area (Å²) < 4.78 is 0. The van der Waals surface area contributed by atoms with Gasteiger partial charge in [0.1, 0.15) is 0 Å². The minimum Gasteiger partial charge on any atom is -0.197 e. The van der Waals surface area contributed by atoms with Gasteiger partial charge in [0.05, 0.1) is 0 Å². The van der Waals surface area contributed by atoms with E-state index in [0.29, 0.717) is 0 Å². The molecule has 0 unspecified atom stereocenters. The average molecular weight is 174 g/mol. The van der Waals surface area contributed by atoms with Gasteiger partial charge in [-0.3, -0.25) is 0 Å². The monoisotopic (exact) mass is 174 g/mol. The van der Waals surface area contributed by atoms with Crippen molar-refractivity contribution < 1.29 is 0 Å². The molecule has 0 radical (unpaired) electrons. The number of hydrogen-bond acceptors (Lipinski definition) is 0. The number of hydrogen-bond donors (Lipinski definition) is 0. The first-order valence-corrected chi connectivity index (χ1v) is 4.29. The van der Waals surface area contributed by atoms with Crippen molar-refractivity contribution >= 4 is 13.5 Å². The highest BCUT2D eigenvalue weighted by Gasteiger charge is 2.13. The smallest absolute Gasteiger partial charge is 0.0443 e. The Labute approximate surface area is 78.5 Å². The third-order valence-corrected chi connectivity index (χ3v) is 2.30. The molecule has 0 aromatic carbocycles. The lowest BCUT2D eigenvalue weighted by atomic mass is 9.84. The zero-order chi connectivity index (χ0) is 7.98. The van der Waals surface area contributed by atoms with Gasteiger partial charge in [0.2, 0.25) is 0 Å². The Bertz CT molecular complexity index is 62.9. The summed E-state index contributed by atoms with van der Waals surface area (Å²) in [7, 11) is 0. The van der Waals surface area contributed by atoms with E-state index in [4.69, 9.17) is 0 Å². The van der Waals surface area contributed by atoms with Crippen LogP contribution in [0.5, 0.6) is 0 Å². The highest BCUT2D eigenvalue weighted by Crippen LogP contribution is 2.27. The molecular weight excluding hydrogens is 152 g/mol. The molecule has 0 nitrogen and oxygen atoms in total. The third kappa shape index (κ3) is 6.49. The van der Waals surface area contributed by atoms with Gasteiger partial charge in [-0.2, -0.15) is 13.5 Å². The Kier molecular flexibility index (Phi) is 10.2. The second kappa shape index (κ2) is 8.19. The molecule has 0 N–H and O–H groups in total. The predicted molar refractivity (Wildman–Crippen MR) is 58.4 cm³/mol. The lowest BCUT2D eigenvalue weighted by Crippen LogP contribution is -2.08. The molecule has 1 fully saturated rings. The molecule has 0 bridgehead atoms. The van der Waals surface area contributed by atoms with E-state index in [1.54, 1.807) is 0 Å². The Morgan fingerprint density at radius 1 is 0.818 bits per heavy atom. The molecule has 0 aromatic rings. The summed E-state index contributed by atoms with van der Waals surface area (Å²) in [6, 6.07) is 0. The Morgan fingerprint density at radius 3 is 1.18 bits per heavy atom. The maximum atomic E-state index is 3.00. The quantitative estimate of drug-likeness (QED) is 0.491. The standard InChI is InChI=1S/C8H16.C2H4.H2S/c1-7-3-5-8(2)6-4-7;1-2;/h7-8H,3-6H2,1-2H3;1-2H2;1H2. The van der Waals surface area contributed by atoms with Crippen LogP contribution in [0, 0.1) is 11.8 Å². The van der Waals surface area contributed by atoms with Crippen LogP contribution in [0.1, 0.15) is 39.5 Å². The molecule has 0 spiro atoms. The second-order valence-electron chi connectivity index (χ2n) is 3.37. The Balaban J connectivity index is 0. The summed E-state index contributed by atoms with van der Waals surface area (Å²) in [5, 5.41) is 0. The zero-order valence-electron chi connectivity index (χ0n) is 7.90. The van der Waals surface area contributed by atoms with Crippen LogP contribution in [0.2, 0.25) is 0 Å². The van der Waals surface area contributed by atoms with Gasteiger partial charge in [0.25, 0.3) is 0 Å². The van der Waals surface area contributed by atoms with E-state index in [1.165, 1.54) is 25.7 Å². The molecule has 0 aliphatic heterocycles. The lowest BCUT2D eigenvalue weighted by molar-refractivity contribution is 0.308. The summed E-state index contributed by atoms with van der Waals surface area (Å²) in [6.45, 7) is 10.7. The minimum absolute atomic E-state index is 0. The Hall–Kier alpha value is 0.0900. The zero-order valence-corrected chi connectivity index (χ0v) is 8.90. The van der Waals surface area contributed by atoms with Crippen LogP contribution >= 0.6 is 13.5 Å². The molecule has 0 atom stereocenters. The van der Waals surface area contributed by atoms with E-state index < -0.39 is 0 Å². The third-order valence-electron chi connectivity index (χ3n) is 2.30. The SMILES string of the molecule is C=C.CC1CCC(C)CC1.S. The van der Waals surface area contributed by atoms with Gasteiger partial charge in [-0.15, -0.1) is 13.2 Å². The van der Waals surface area contributed by atoms with Crippen molar-refractivity contribution in [2.24, 2.45) is 11.8 Å². The van der Waals surface area contributed by atoms with Crippen LogP contribution in [0.15, 0.2) is 13.2 Å². The summed E-state index contributed by atoms with van der Waals surface area (Å²) in [4.78, 5) is 0.